The van der Waals surface area contributed by atoms with Crippen LogP contribution in [-0.2, 0) is 6.42 Å². The Morgan fingerprint density at radius 2 is 1.96 bits per heavy atom. The smallest absolute Gasteiger partial charge is 0.354 e. The van der Waals surface area contributed by atoms with Crippen LogP contribution in [0.3, 0.4) is 0 Å². The van der Waals surface area contributed by atoms with Crippen LogP contribution in [0, 0.1) is 17.6 Å². The average Bonchev–Trinajstić information content (AvgIpc) is 3.85. The van der Waals surface area contributed by atoms with Crippen molar-refractivity contribution in [3.63, 3.8) is 0 Å². The first-order valence-electron chi connectivity index (χ1n) is 17.4. The first-order valence-corrected chi connectivity index (χ1v) is 17.7. The molecule has 2 aromatic heterocycles. The van der Waals surface area contributed by atoms with Gasteiger partial charge in [-0.05, 0) is 113 Å². The molecule has 0 radical (unpaired) electrons. The standard InChI is InChI=1S/C37H45ClF3N7O/c1-22(42)44-15-13-26-6-3-8-34(47(26)16-4-14-39)28-12-11-27(20-31(28)40)48-21-25-19-33(45-36(25)46-37(48)49)29-17-23(18-30(38)35(29)41)5-2-7-32(43)24-9-10-24/h11-12,17-21,24,26,32,34H,2-10,13-16,43H2,1H3,(H2,42,44)(H,45,46,49)/t26-,32?,34-/m0/s1. The van der Waals surface area contributed by atoms with Crippen molar-refractivity contribution in [2.75, 3.05) is 19.8 Å². The van der Waals surface area contributed by atoms with Crippen molar-refractivity contribution in [1.82, 2.24) is 19.4 Å². The Hall–Kier alpha value is -3.67. The van der Waals surface area contributed by atoms with E-state index in [4.69, 9.17) is 23.1 Å². The highest BCUT2D eigenvalue weighted by Crippen LogP contribution is 2.38. The summed E-state index contributed by atoms with van der Waals surface area (Å²) >= 11 is 6.31. The highest BCUT2D eigenvalue weighted by Gasteiger charge is 2.33. The molecule has 2 aromatic carbocycles. The summed E-state index contributed by atoms with van der Waals surface area (Å²) in [4.78, 5) is 27.0. The van der Waals surface area contributed by atoms with Crippen molar-refractivity contribution in [3.8, 4) is 16.9 Å². The van der Waals surface area contributed by atoms with Gasteiger partial charge in [-0.1, -0.05) is 17.7 Å². The van der Waals surface area contributed by atoms with E-state index in [2.05, 4.69) is 19.9 Å². The second kappa shape index (κ2) is 15.5. The number of aryl methyl sites for hydroxylation is 1. The number of amidine groups is 1. The number of benzene rings is 2. The van der Waals surface area contributed by atoms with Crippen molar-refractivity contribution < 1.29 is 13.2 Å². The predicted octanol–water partition coefficient (Wildman–Crippen LogP) is 7.39. The molecule has 4 aromatic rings. The fourth-order valence-corrected chi connectivity index (χ4v) is 7.54. The molecule has 2 fully saturated rings. The van der Waals surface area contributed by atoms with E-state index in [0.717, 1.165) is 50.5 Å². The number of likely N-dealkylation sites (tertiary alicyclic amines) is 1. The monoisotopic (exact) mass is 695 g/mol. The first-order chi connectivity index (χ1) is 23.6. The van der Waals surface area contributed by atoms with Crippen LogP contribution in [-0.4, -0.2) is 57.1 Å². The number of rotatable bonds is 14. The van der Waals surface area contributed by atoms with Gasteiger partial charge in [-0.2, -0.15) is 4.98 Å². The molecule has 1 saturated carbocycles. The van der Waals surface area contributed by atoms with Crippen LogP contribution >= 0.6 is 11.6 Å². The highest BCUT2D eigenvalue weighted by atomic mass is 35.5. The van der Waals surface area contributed by atoms with Gasteiger partial charge in [0.1, 0.15) is 11.5 Å². The maximum atomic E-state index is 15.9. The number of nitrogens with one attached hydrogen (secondary N) is 1. The Labute approximate surface area is 289 Å². The number of aliphatic imine (C=N–C) groups is 1. The summed E-state index contributed by atoms with van der Waals surface area (Å²) in [5.74, 6) is 0.133. The quantitative estimate of drug-likeness (QED) is 0.0939. The number of fused-ring (bicyclic) bond motifs is 1. The topological polar surface area (TPSA) is 118 Å². The Kier molecular flexibility index (Phi) is 11.1. The van der Waals surface area contributed by atoms with Crippen molar-refractivity contribution in [2.24, 2.45) is 22.4 Å². The Balaban J connectivity index is 1.24. The lowest BCUT2D eigenvalue weighted by molar-refractivity contribution is 0.0728. The van der Waals surface area contributed by atoms with E-state index in [1.807, 2.05) is 0 Å². The molecular weight excluding hydrogens is 651 g/mol. The molecule has 3 heterocycles. The van der Waals surface area contributed by atoms with E-state index in [9.17, 15) is 9.18 Å². The Morgan fingerprint density at radius 1 is 1.14 bits per heavy atom. The fraction of sp³-hybridized carbons (Fsp3) is 0.486. The molecule has 1 aliphatic heterocycles. The van der Waals surface area contributed by atoms with Gasteiger partial charge in [0, 0.05) is 53.9 Å². The number of hydrogen-bond acceptors (Lipinski definition) is 5. The molecule has 3 atom stereocenters. The molecule has 1 unspecified atom stereocenters. The van der Waals surface area contributed by atoms with Gasteiger partial charge in [0.2, 0.25) is 0 Å². The summed E-state index contributed by atoms with van der Waals surface area (Å²) in [7, 11) is 0. The molecule has 0 bridgehead atoms. The van der Waals surface area contributed by atoms with E-state index in [-0.39, 0.29) is 34.4 Å². The lowest BCUT2D eigenvalue weighted by Gasteiger charge is -2.42. The molecule has 8 nitrogen and oxygen atoms in total. The van der Waals surface area contributed by atoms with Crippen LogP contribution < -0.4 is 17.2 Å². The zero-order chi connectivity index (χ0) is 34.7. The largest absolute Gasteiger partial charge is 0.388 e. The van der Waals surface area contributed by atoms with Crippen molar-refractivity contribution in [1.29, 1.82) is 0 Å². The molecule has 1 aliphatic carbocycles. The number of H-pyrrole nitrogens is 1. The number of nitrogens with zero attached hydrogens (tertiary/aromatic N) is 4. The third-order valence-electron chi connectivity index (χ3n) is 10.00. The van der Waals surface area contributed by atoms with Gasteiger partial charge in [0.05, 0.1) is 28.9 Å². The first kappa shape index (κ1) is 35.2. The summed E-state index contributed by atoms with van der Waals surface area (Å²) in [6, 6.07) is 10.0. The Morgan fingerprint density at radius 3 is 2.69 bits per heavy atom. The zero-order valence-electron chi connectivity index (χ0n) is 27.9. The summed E-state index contributed by atoms with van der Waals surface area (Å²) < 4.78 is 45.8. The lowest BCUT2D eigenvalue weighted by atomic mass is 9.89. The van der Waals surface area contributed by atoms with Crippen LogP contribution in [0.1, 0.15) is 81.9 Å². The predicted molar refractivity (Wildman–Crippen MR) is 190 cm³/mol. The maximum Gasteiger partial charge on any atom is 0.354 e. The number of halogens is 4. The average molecular weight is 696 g/mol. The zero-order valence-corrected chi connectivity index (χ0v) is 28.7. The van der Waals surface area contributed by atoms with Gasteiger partial charge in [-0.25, -0.2) is 13.6 Å². The van der Waals surface area contributed by atoms with E-state index >= 15 is 8.78 Å². The molecular formula is C37H45ClF3N7O. The summed E-state index contributed by atoms with van der Waals surface area (Å²) in [5, 5.41) is 0.575. The van der Waals surface area contributed by atoms with Gasteiger partial charge in [0.15, 0.2) is 5.82 Å². The molecule has 2 aliphatic rings. The Bertz CT molecular complexity index is 1870. The third-order valence-corrected chi connectivity index (χ3v) is 10.3. The molecule has 49 heavy (non-hydrogen) atoms. The normalized spacial score (nSPS) is 19.5. The lowest BCUT2D eigenvalue weighted by Crippen LogP contribution is -2.43. The van der Waals surface area contributed by atoms with E-state index in [1.54, 1.807) is 43.5 Å². The fourth-order valence-electron chi connectivity index (χ4n) is 7.30. The number of aromatic amines is 1. The van der Waals surface area contributed by atoms with Crippen LogP contribution in [0.15, 0.2) is 52.4 Å². The molecule has 5 N–H and O–H groups in total. The summed E-state index contributed by atoms with van der Waals surface area (Å²) in [6.07, 6.45) is 10.2. The van der Waals surface area contributed by atoms with Crippen molar-refractivity contribution in [2.45, 2.75) is 89.3 Å². The maximum absolute atomic E-state index is 15.9. The van der Waals surface area contributed by atoms with Crippen molar-refractivity contribution in [3.05, 3.63) is 80.9 Å². The summed E-state index contributed by atoms with van der Waals surface area (Å²) in [5.41, 5.74) is 14.1. The number of piperidine rings is 1. The molecule has 12 heteroatoms. The number of aromatic nitrogens is 3. The third kappa shape index (κ3) is 8.22. The number of alkyl halides is 1. The highest BCUT2D eigenvalue weighted by molar-refractivity contribution is 6.31. The van der Waals surface area contributed by atoms with Crippen LogP contribution in [0.5, 0.6) is 0 Å². The summed E-state index contributed by atoms with van der Waals surface area (Å²) in [6.45, 7) is 2.38. The van der Waals surface area contributed by atoms with Gasteiger partial charge < -0.3 is 16.5 Å². The molecule has 6 rings (SSSR count). The SMILES string of the molecule is CC(N)=NCC[C@@H]1CCC[C@@H](c2ccc(-n3cc4cc(-c5cc(CCCC(N)C6CC6)cc(Cl)c5F)[nH]c4nc3=O)cc2F)N1CCCF. The van der Waals surface area contributed by atoms with E-state index in [1.165, 1.54) is 23.5 Å². The minimum absolute atomic E-state index is 0.0208. The molecule has 0 amide bonds. The number of hydrogen-bond donors (Lipinski definition) is 3. The van der Waals surface area contributed by atoms with E-state index < -0.39 is 24.0 Å². The van der Waals surface area contributed by atoms with Crippen LogP contribution in [0.4, 0.5) is 13.2 Å². The van der Waals surface area contributed by atoms with Crippen LogP contribution in [0.25, 0.3) is 28.0 Å². The minimum Gasteiger partial charge on any atom is -0.388 e. The van der Waals surface area contributed by atoms with Gasteiger partial charge >= 0.3 is 5.69 Å². The van der Waals surface area contributed by atoms with Gasteiger partial charge in [-0.15, -0.1) is 0 Å². The minimum atomic E-state index is -0.606. The molecule has 1 saturated heterocycles. The molecule has 0 spiro atoms. The van der Waals surface area contributed by atoms with Gasteiger partial charge in [-0.3, -0.25) is 18.8 Å². The van der Waals surface area contributed by atoms with E-state index in [0.29, 0.717) is 53.6 Å². The van der Waals surface area contributed by atoms with Crippen molar-refractivity contribution >= 4 is 28.5 Å². The number of nitrogens with two attached hydrogens (primary N) is 2. The van der Waals surface area contributed by atoms with Crippen LogP contribution in [0.2, 0.25) is 5.02 Å². The van der Waals surface area contributed by atoms with Gasteiger partial charge in [0.25, 0.3) is 0 Å². The molecule has 262 valence electrons. The second-order valence-electron chi connectivity index (χ2n) is 13.6. The second-order valence-corrected chi connectivity index (χ2v) is 14.0.